The van der Waals surface area contributed by atoms with Gasteiger partial charge in [-0.25, -0.2) is 4.79 Å². The second-order valence-corrected chi connectivity index (χ2v) is 4.70. The van der Waals surface area contributed by atoms with Gasteiger partial charge in [0.1, 0.15) is 5.54 Å². The highest BCUT2D eigenvalue weighted by molar-refractivity contribution is 5.81. The van der Waals surface area contributed by atoms with Crippen molar-refractivity contribution in [3.05, 3.63) is 6.39 Å². The standard InChI is InChI=1S/C11H17N3O3/c1-11(2,14-6-4-3-5-7-14)9(15)17-10-13-12-8-16-10/h8H,3-7H2,1-2H3. The molecule has 2 rings (SSSR count). The van der Waals surface area contributed by atoms with E-state index in [4.69, 9.17) is 9.15 Å². The second-order valence-electron chi connectivity index (χ2n) is 4.70. The molecule has 1 aliphatic rings. The molecule has 0 N–H and O–H groups in total. The monoisotopic (exact) mass is 239 g/mol. The summed E-state index contributed by atoms with van der Waals surface area (Å²) in [5.74, 6) is -0.358. The number of hydrogen-bond acceptors (Lipinski definition) is 6. The zero-order valence-corrected chi connectivity index (χ0v) is 10.2. The zero-order valence-electron chi connectivity index (χ0n) is 10.2. The summed E-state index contributed by atoms with van der Waals surface area (Å²) in [4.78, 5) is 14.2. The highest BCUT2D eigenvalue weighted by Crippen LogP contribution is 2.22. The van der Waals surface area contributed by atoms with E-state index in [0.29, 0.717) is 0 Å². The third-order valence-corrected chi connectivity index (χ3v) is 3.17. The number of aromatic nitrogens is 2. The minimum absolute atomic E-state index is 0.0971. The topological polar surface area (TPSA) is 68.5 Å². The minimum Gasteiger partial charge on any atom is -0.396 e. The molecular formula is C11H17N3O3. The number of hydrogen-bond donors (Lipinski definition) is 0. The van der Waals surface area contributed by atoms with E-state index in [1.807, 2.05) is 13.8 Å². The van der Waals surface area contributed by atoms with Crippen molar-refractivity contribution >= 4 is 5.97 Å². The van der Waals surface area contributed by atoms with Crippen molar-refractivity contribution < 1.29 is 13.9 Å². The normalized spacial score (nSPS) is 18.0. The first kappa shape index (κ1) is 12.0. The summed E-state index contributed by atoms with van der Waals surface area (Å²) in [5.41, 5.74) is -0.658. The highest BCUT2D eigenvalue weighted by Gasteiger charge is 2.37. The van der Waals surface area contributed by atoms with Crippen molar-refractivity contribution in [2.24, 2.45) is 0 Å². The van der Waals surface area contributed by atoms with Gasteiger partial charge >= 0.3 is 12.0 Å². The molecule has 0 bridgehead atoms. The first-order chi connectivity index (χ1) is 8.10. The minimum atomic E-state index is -0.658. The van der Waals surface area contributed by atoms with Crippen LogP contribution in [-0.4, -0.2) is 39.7 Å². The summed E-state index contributed by atoms with van der Waals surface area (Å²) in [6, 6.07) is 0. The molecule has 0 unspecified atom stereocenters. The first-order valence-corrected chi connectivity index (χ1v) is 5.84. The fourth-order valence-electron chi connectivity index (χ4n) is 1.99. The lowest BCUT2D eigenvalue weighted by Crippen LogP contribution is -2.53. The Morgan fingerprint density at radius 2 is 2.12 bits per heavy atom. The van der Waals surface area contributed by atoms with Gasteiger partial charge in [0, 0.05) is 0 Å². The number of likely N-dealkylation sites (tertiary alicyclic amines) is 1. The number of piperidine rings is 1. The van der Waals surface area contributed by atoms with Gasteiger partial charge in [0.25, 0.3) is 0 Å². The van der Waals surface area contributed by atoms with E-state index in [1.165, 1.54) is 6.42 Å². The van der Waals surface area contributed by atoms with Crippen molar-refractivity contribution in [2.45, 2.75) is 38.6 Å². The van der Waals surface area contributed by atoms with Crippen LogP contribution < -0.4 is 4.74 Å². The van der Waals surface area contributed by atoms with Gasteiger partial charge in [-0.15, -0.1) is 5.10 Å². The van der Waals surface area contributed by atoms with Gasteiger partial charge < -0.3 is 9.15 Å². The maximum Gasteiger partial charge on any atom is 0.422 e. The van der Waals surface area contributed by atoms with Crippen molar-refractivity contribution in [3.8, 4) is 6.08 Å². The fourth-order valence-corrected chi connectivity index (χ4v) is 1.99. The lowest BCUT2D eigenvalue weighted by Gasteiger charge is -2.38. The molecule has 1 aromatic rings. The van der Waals surface area contributed by atoms with Gasteiger partial charge in [-0.2, -0.15) is 0 Å². The fraction of sp³-hybridized carbons (Fsp3) is 0.727. The van der Waals surface area contributed by atoms with E-state index in [2.05, 4.69) is 15.1 Å². The van der Waals surface area contributed by atoms with E-state index in [9.17, 15) is 4.79 Å². The van der Waals surface area contributed by atoms with Crippen molar-refractivity contribution in [1.82, 2.24) is 15.1 Å². The summed E-state index contributed by atoms with van der Waals surface area (Å²) in [6.45, 7) is 5.56. The molecule has 0 aliphatic carbocycles. The maximum atomic E-state index is 12.0. The van der Waals surface area contributed by atoms with Crippen LogP contribution in [0.1, 0.15) is 33.1 Å². The lowest BCUT2D eigenvalue weighted by atomic mass is 9.99. The molecule has 0 radical (unpaired) electrons. The van der Waals surface area contributed by atoms with E-state index in [0.717, 1.165) is 32.3 Å². The zero-order chi connectivity index (χ0) is 12.3. The predicted molar refractivity (Wildman–Crippen MR) is 59.4 cm³/mol. The second kappa shape index (κ2) is 4.83. The number of carbonyl (C=O) groups excluding carboxylic acids is 1. The molecule has 1 saturated heterocycles. The molecule has 0 saturated carbocycles. The SMILES string of the molecule is CC(C)(C(=O)Oc1nnco1)N1CCCCC1. The summed E-state index contributed by atoms with van der Waals surface area (Å²) < 4.78 is 9.85. The van der Waals surface area contributed by atoms with Gasteiger partial charge in [-0.05, 0) is 39.8 Å². The molecular weight excluding hydrogens is 222 g/mol. The smallest absolute Gasteiger partial charge is 0.396 e. The molecule has 17 heavy (non-hydrogen) atoms. The Hall–Kier alpha value is -1.43. The van der Waals surface area contributed by atoms with Crippen molar-refractivity contribution in [3.63, 3.8) is 0 Å². The van der Waals surface area contributed by atoms with Crippen LogP contribution in [0.2, 0.25) is 0 Å². The van der Waals surface area contributed by atoms with Crippen LogP contribution in [0.15, 0.2) is 10.8 Å². The van der Waals surface area contributed by atoms with Gasteiger partial charge in [-0.1, -0.05) is 11.5 Å². The summed E-state index contributed by atoms with van der Waals surface area (Å²) in [5, 5.41) is 7.00. The Morgan fingerprint density at radius 1 is 1.41 bits per heavy atom. The predicted octanol–water partition coefficient (Wildman–Crippen LogP) is 1.24. The number of carbonyl (C=O) groups is 1. The van der Waals surface area contributed by atoms with E-state index >= 15 is 0 Å². The molecule has 0 spiro atoms. The lowest BCUT2D eigenvalue weighted by molar-refractivity contribution is -0.148. The maximum absolute atomic E-state index is 12.0. The molecule has 1 aliphatic heterocycles. The van der Waals surface area contributed by atoms with E-state index in [-0.39, 0.29) is 12.0 Å². The molecule has 6 heteroatoms. The Kier molecular flexibility index (Phi) is 3.42. The van der Waals surface area contributed by atoms with Crippen LogP contribution in [0.5, 0.6) is 6.08 Å². The van der Waals surface area contributed by atoms with Crippen molar-refractivity contribution in [1.29, 1.82) is 0 Å². The number of esters is 1. The van der Waals surface area contributed by atoms with Gasteiger partial charge in [0.15, 0.2) is 0 Å². The number of nitrogens with zero attached hydrogens (tertiary/aromatic N) is 3. The Labute approximate surface area is 99.9 Å². The molecule has 2 heterocycles. The first-order valence-electron chi connectivity index (χ1n) is 5.84. The molecule has 0 amide bonds. The van der Waals surface area contributed by atoms with Gasteiger partial charge in [-0.3, -0.25) is 4.90 Å². The van der Waals surface area contributed by atoms with Crippen LogP contribution in [-0.2, 0) is 4.79 Å². The van der Waals surface area contributed by atoms with Gasteiger partial charge in [0.2, 0.25) is 6.39 Å². The Bertz CT molecular complexity index is 369. The van der Waals surface area contributed by atoms with Crippen LogP contribution in [0.25, 0.3) is 0 Å². The molecule has 6 nitrogen and oxygen atoms in total. The van der Waals surface area contributed by atoms with Crippen LogP contribution >= 0.6 is 0 Å². The number of rotatable bonds is 3. The third-order valence-electron chi connectivity index (χ3n) is 3.17. The molecule has 94 valence electrons. The Morgan fingerprint density at radius 3 is 2.71 bits per heavy atom. The van der Waals surface area contributed by atoms with Gasteiger partial charge in [0.05, 0.1) is 0 Å². The van der Waals surface area contributed by atoms with Crippen LogP contribution in [0, 0.1) is 0 Å². The summed E-state index contributed by atoms with van der Waals surface area (Å²) in [7, 11) is 0. The molecule has 0 aromatic carbocycles. The summed E-state index contributed by atoms with van der Waals surface area (Å²) >= 11 is 0. The van der Waals surface area contributed by atoms with Crippen LogP contribution in [0.3, 0.4) is 0 Å². The quantitative estimate of drug-likeness (QED) is 0.739. The van der Waals surface area contributed by atoms with Crippen molar-refractivity contribution in [2.75, 3.05) is 13.1 Å². The van der Waals surface area contributed by atoms with Crippen LogP contribution in [0.4, 0.5) is 0 Å². The van der Waals surface area contributed by atoms with E-state index in [1.54, 1.807) is 0 Å². The van der Waals surface area contributed by atoms with E-state index < -0.39 is 5.54 Å². The Balaban J connectivity index is 2.00. The average Bonchev–Trinajstić information content (AvgIpc) is 2.83. The third kappa shape index (κ3) is 2.63. The average molecular weight is 239 g/mol. The highest BCUT2D eigenvalue weighted by atomic mass is 16.6. The molecule has 1 fully saturated rings. The molecule has 1 aromatic heterocycles. The molecule has 0 atom stereocenters. The number of ether oxygens (including phenoxy) is 1. The summed E-state index contributed by atoms with van der Waals surface area (Å²) in [6.07, 6.45) is 4.51. The largest absolute Gasteiger partial charge is 0.422 e.